The van der Waals surface area contributed by atoms with Crippen LogP contribution in [0.4, 0.5) is 5.95 Å². The molecule has 264 valence electrons. The quantitative estimate of drug-likeness (QED) is 0.185. The predicted octanol–water partition coefficient (Wildman–Crippen LogP) is 6.87. The molecule has 0 spiro atoms. The number of fused-ring (bicyclic) bond motifs is 2. The Hall–Kier alpha value is -3.35. The van der Waals surface area contributed by atoms with Gasteiger partial charge in [0.25, 0.3) is 0 Å². The summed E-state index contributed by atoms with van der Waals surface area (Å²) in [6, 6.07) is 10.1. The molecule has 0 aliphatic carbocycles. The van der Waals surface area contributed by atoms with Gasteiger partial charge in [0.2, 0.25) is 5.95 Å². The van der Waals surface area contributed by atoms with Crippen molar-refractivity contribution in [3.8, 4) is 0 Å². The van der Waals surface area contributed by atoms with Crippen LogP contribution in [0.2, 0.25) is 28.2 Å². The van der Waals surface area contributed by atoms with E-state index >= 15 is 0 Å². The average Bonchev–Trinajstić information content (AvgIpc) is 3.75. The second kappa shape index (κ2) is 12.8. The number of aromatic amines is 1. The van der Waals surface area contributed by atoms with Crippen LogP contribution in [0.25, 0.3) is 23.3 Å². The number of hydrogen-bond donors (Lipinski definition) is 2. The standard InChI is InChI=1S/C34H51N9O4Si2/c1-32(2,3)48(10,11)46-28-27-24(20-44-49(47-27,33(4,5)6)34(7,8)9)45-30(28)43-29-26(38-31(43)35-19-25-39-41-42-40-25)23(36-21-37-29)18-17-22-15-13-12-14-16-22/h12-18,21,24,27-28,30H,19-20H2,1-11H3,(H,35,38)(H,39,40,41,42)/b18-17+/t24-,27-,28-,30-/m1/s1. The molecule has 49 heavy (non-hydrogen) atoms. The molecule has 2 N–H and O–H groups in total. The average molecular weight is 706 g/mol. The van der Waals surface area contributed by atoms with E-state index in [2.05, 4.69) is 106 Å². The van der Waals surface area contributed by atoms with Gasteiger partial charge in [-0.1, -0.05) is 104 Å². The number of aromatic nitrogens is 8. The van der Waals surface area contributed by atoms with E-state index in [4.69, 9.17) is 28.0 Å². The van der Waals surface area contributed by atoms with Crippen LogP contribution in [-0.2, 0) is 24.6 Å². The maximum atomic E-state index is 7.37. The number of benzene rings is 1. The lowest BCUT2D eigenvalue weighted by molar-refractivity contribution is -0.0792. The van der Waals surface area contributed by atoms with Gasteiger partial charge >= 0.3 is 8.56 Å². The first kappa shape index (κ1) is 35.5. The molecule has 2 fully saturated rings. The van der Waals surface area contributed by atoms with E-state index in [1.807, 2.05) is 47.1 Å². The SMILES string of the molecule is CC(C)(C)[Si](C)(C)O[C@@H]1[C@@H]2O[Si](C(C)(C)C)(C(C)(C)C)OC[C@H]2O[C@H]1n1c(NCc2nn[nH]n2)nc2c(/C=C/c3ccccc3)ncnc21. The second-order valence-corrected chi connectivity index (χ2v) is 26.1. The third-order valence-corrected chi connectivity index (χ3v) is 19.6. The summed E-state index contributed by atoms with van der Waals surface area (Å²) in [6.07, 6.45) is 3.74. The van der Waals surface area contributed by atoms with Crippen LogP contribution in [0.15, 0.2) is 36.7 Å². The summed E-state index contributed by atoms with van der Waals surface area (Å²) < 4.78 is 30.6. The van der Waals surface area contributed by atoms with E-state index in [-0.39, 0.29) is 33.9 Å². The molecule has 0 amide bonds. The molecule has 3 aromatic heterocycles. The number of rotatable bonds is 8. The Morgan fingerprint density at radius 2 is 1.73 bits per heavy atom. The van der Waals surface area contributed by atoms with Gasteiger partial charge < -0.3 is 23.3 Å². The third-order valence-electron chi connectivity index (χ3n) is 10.0. The highest BCUT2D eigenvalue weighted by Gasteiger charge is 2.66. The highest BCUT2D eigenvalue weighted by molar-refractivity contribution is 6.74. The molecule has 5 heterocycles. The van der Waals surface area contributed by atoms with E-state index in [0.29, 0.717) is 35.2 Å². The first-order valence-electron chi connectivity index (χ1n) is 17.0. The van der Waals surface area contributed by atoms with Crippen molar-refractivity contribution in [1.29, 1.82) is 0 Å². The van der Waals surface area contributed by atoms with Crippen LogP contribution in [0.1, 0.15) is 85.6 Å². The fraction of sp³-hybridized carbons (Fsp3) is 0.588. The monoisotopic (exact) mass is 705 g/mol. The number of nitrogens with one attached hydrogen (secondary N) is 2. The Morgan fingerprint density at radius 3 is 2.37 bits per heavy atom. The molecule has 0 bridgehead atoms. The van der Waals surface area contributed by atoms with Gasteiger partial charge in [-0.25, -0.2) is 15.0 Å². The highest BCUT2D eigenvalue weighted by Crippen LogP contribution is 2.57. The fourth-order valence-electron chi connectivity index (χ4n) is 6.74. The minimum absolute atomic E-state index is 0.0579. The molecule has 15 heteroatoms. The summed E-state index contributed by atoms with van der Waals surface area (Å²) >= 11 is 0. The summed E-state index contributed by atoms with van der Waals surface area (Å²) in [5, 5.41) is 17.5. The maximum Gasteiger partial charge on any atom is 0.349 e. The van der Waals surface area contributed by atoms with Gasteiger partial charge in [-0.2, -0.15) is 5.21 Å². The van der Waals surface area contributed by atoms with Crippen LogP contribution in [0, 0.1) is 0 Å². The lowest BCUT2D eigenvalue weighted by Gasteiger charge is -2.54. The summed E-state index contributed by atoms with van der Waals surface area (Å²) in [7, 11) is -5.23. The van der Waals surface area contributed by atoms with Crippen molar-refractivity contribution in [2.24, 2.45) is 0 Å². The van der Waals surface area contributed by atoms with Crippen LogP contribution in [-0.4, -0.2) is 81.9 Å². The molecule has 0 unspecified atom stereocenters. The van der Waals surface area contributed by atoms with E-state index in [0.717, 1.165) is 5.56 Å². The summed E-state index contributed by atoms with van der Waals surface area (Å²) in [6.45, 7) is 25.3. The number of hydrogen-bond acceptors (Lipinski definition) is 11. The van der Waals surface area contributed by atoms with Crippen molar-refractivity contribution in [1.82, 2.24) is 40.1 Å². The van der Waals surface area contributed by atoms with E-state index in [1.165, 1.54) is 0 Å². The number of nitrogens with zero attached hydrogens (tertiary/aromatic N) is 7. The molecule has 13 nitrogen and oxygen atoms in total. The van der Waals surface area contributed by atoms with E-state index in [1.54, 1.807) is 6.33 Å². The number of tetrazole rings is 1. The first-order chi connectivity index (χ1) is 22.9. The predicted molar refractivity (Wildman–Crippen MR) is 194 cm³/mol. The van der Waals surface area contributed by atoms with Crippen LogP contribution < -0.4 is 5.32 Å². The molecule has 2 aliphatic rings. The van der Waals surface area contributed by atoms with Crippen molar-refractivity contribution >= 4 is 46.1 Å². The van der Waals surface area contributed by atoms with E-state index < -0.39 is 29.2 Å². The van der Waals surface area contributed by atoms with Crippen molar-refractivity contribution in [2.45, 2.75) is 122 Å². The molecular formula is C34H51N9O4Si2. The lowest BCUT2D eigenvalue weighted by Crippen LogP contribution is -2.66. The first-order valence-corrected chi connectivity index (χ1v) is 21.7. The van der Waals surface area contributed by atoms with Gasteiger partial charge in [0, 0.05) is 10.1 Å². The largest absolute Gasteiger partial charge is 0.407 e. The second-order valence-electron chi connectivity index (χ2n) is 16.6. The van der Waals surface area contributed by atoms with Crippen molar-refractivity contribution in [2.75, 3.05) is 11.9 Å². The zero-order chi connectivity index (χ0) is 35.4. The molecule has 2 aliphatic heterocycles. The molecule has 0 radical (unpaired) electrons. The molecular weight excluding hydrogens is 655 g/mol. The van der Waals surface area contributed by atoms with Gasteiger partial charge in [0.05, 0.1) is 18.8 Å². The number of H-pyrrole nitrogens is 1. The van der Waals surface area contributed by atoms with Gasteiger partial charge in [-0.05, 0) is 29.8 Å². The minimum atomic E-state index is -2.87. The molecule has 4 aromatic rings. The highest BCUT2D eigenvalue weighted by atomic mass is 28.4. The Kier molecular flexibility index (Phi) is 9.24. The molecule has 0 saturated carbocycles. The zero-order valence-electron chi connectivity index (χ0n) is 30.6. The third kappa shape index (κ3) is 6.63. The number of ether oxygens (including phenoxy) is 1. The summed E-state index contributed by atoms with van der Waals surface area (Å²) in [5.74, 6) is 1.02. The summed E-state index contributed by atoms with van der Waals surface area (Å²) in [4.78, 5) is 14.5. The molecule has 2 saturated heterocycles. The summed E-state index contributed by atoms with van der Waals surface area (Å²) in [5.41, 5.74) is 2.97. The van der Waals surface area contributed by atoms with Crippen LogP contribution in [0.3, 0.4) is 0 Å². The maximum absolute atomic E-state index is 7.37. The van der Waals surface area contributed by atoms with Crippen molar-refractivity contribution in [3.05, 3.63) is 53.7 Å². The van der Waals surface area contributed by atoms with Gasteiger partial charge in [-0.3, -0.25) is 4.57 Å². The van der Waals surface area contributed by atoms with Gasteiger partial charge in [0.1, 0.15) is 30.2 Å². The topological polar surface area (TPSA) is 147 Å². The lowest BCUT2D eigenvalue weighted by atomic mass is 10.1. The Morgan fingerprint density at radius 1 is 1.02 bits per heavy atom. The molecule has 1 aromatic carbocycles. The normalized spacial score (nSPS) is 23.3. The molecule has 6 rings (SSSR count). The Balaban J connectivity index is 1.49. The minimum Gasteiger partial charge on any atom is -0.407 e. The van der Waals surface area contributed by atoms with Gasteiger partial charge in [0.15, 0.2) is 26.0 Å². The molecule has 4 atom stereocenters. The number of imidazole rings is 1. The van der Waals surface area contributed by atoms with Crippen LogP contribution in [0.5, 0.6) is 0 Å². The van der Waals surface area contributed by atoms with E-state index in [9.17, 15) is 0 Å². The number of anilines is 1. The fourth-order valence-corrected chi connectivity index (χ4v) is 13.0. The zero-order valence-corrected chi connectivity index (χ0v) is 32.6. The Bertz CT molecular complexity index is 1760. The van der Waals surface area contributed by atoms with Crippen molar-refractivity contribution in [3.63, 3.8) is 0 Å². The van der Waals surface area contributed by atoms with Gasteiger partial charge in [-0.15, -0.1) is 10.2 Å². The smallest absolute Gasteiger partial charge is 0.349 e. The van der Waals surface area contributed by atoms with Crippen molar-refractivity contribution < 1.29 is 18.0 Å². The Labute approximate surface area is 291 Å². The van der Waals surface area contributed by atoms with Crippen LogP contribution >= 0.6 is 0 Å².